The molecule has 3 aromatic rings. The number of piperazine rings is 1. The van der Waals surface area contributed by atoms with Crippen molar-refractivity contribution in [3.05, 3.63) is 60.0 Å². The highest BCUT2D eigenvalue weighted by atomic mass is 32.2. The fourth-order valence-corrected chi connectivity index (χ4v) is 4.56. The Kier molecular flexibility index (Phi) is 8.01. The second-order valence-corrected chi connectivity index (χ2v) is 9.22. The molecule has 1 saturated heterocycles. The zero-order valence-electron chi connectivity index (χ0n) is 19.2. The maximum atomic E-state index is 12.6. The van der Waals surface area contributed by atoms with Gasteiger partial charge in [-0.05, 0) is 44.2 Å². The van der Waals surface area contributed by atoms with Crippen molar-refractivity contribution in [2.24, 2.45) is 0 Å². The molecule has 0 N–H and O–H groups in total. The van der Waals surface area contributed by atoms with Gasteiger partial charge in [-0.25, -0.2) is 0 Å². The lowest BCUT2D eigenvalue weighted by molar-refractivity contribution is -0.130. The van der Waals surface area contributed by atoms with Crippen molar-refractivity contribution in [3.63, 3.8) is 0 Å². The Morgan fingerprint density at radius 1 is 1.06 bits per heavy atom. The first-order valence-electron chi connectivity index (χ1n) is 11.3. The third-order valence-corrected chi connectivity index (χ3v) is 6.79. The van der Waals surface area contributed by atoms with E-state index in [1.165, 1.54) is 5.56 Å². The van der Waals surface area contributed by atoms with Crippen LogP contribution in [-0.2, 0) is 11.2 Å². The zero-order chi connectivity index (χ0) is 23.0. The van der Waals surface area contributed by atoms with Crippen LogP contribution in [0.3, 0.4) is 0 Å². The number of nitrogens with zero attached hydrogens (tertiary/aromatic N) is 4. The van der Waals surface area contributed by atoms with Crippen molar-refractivity contribution in [1.29, 1.82) is 0 Å². The van der Waals surface area contributed by atoms with Gasteiger partial charge in [0.1, 0.15) is 5.75 Å². The van der Waals surface area contributed by atoms with Gasteiger partial charge in [-0.15, -0.1) is 11.8 Å². The summed E-state index contributed by atoms with van der Waals surface area (Å²) in [5.41, 5.74) is 2.18. The minimum Gasteiger partial charge on any atom is -0.497 e. The lowest BCUT2D eigenvalue weighted by Crippen LogP contribution is -2.49. The van der Waals surface area contributed by atoms with Crippen LogP contribution in [0.1, 0.15) is 17.9 Å². The zero-order valence-corrected chi connectivity index (χ0v) is 20.0. The predicted octanol–water partition coefficient (Wildman–Crippen LogP) is 3.92. The average Bonchev–Trinajstić information content (AvgIpc) is 3.32. The van der Waals surface area contributed by atoms with Crippen LogP contribution in [0.2, 0.25) is 0 Å². The number of hydrogen-bond donors (Lipinski definition) is 0. The molecule has 1 aliphatic heterocycles. The fraction of sp³-hybridized carbons (Fsp3) is 0.400. The Balaban J connectivity index is 1.14. The van der Waals surface area contributed by atoms with E-state index < -0.39 is 0 Å². The maximum absolute atomic E-state index is 12.6. The molecule has 0 bridgehead atoms. The first-order valence-corrected chi connectivity index (χ1v) is 12.3. The van der Waals surface area contributed by atoms with E-state index in [-0.39, 0.29) is 5.91 Å². The number of aromatic nitrogens is 2. The molecule has 0 unspecified atom stereocenters. The van der Waals surface area contributed by atoms with Crippen LogP contribution < -0.4 is 4.74 Å². The van der Waals surface area contributed by atoms with E-state index in [1.54, 1.807) is 18.9 Å². The van der Waals surface area contributed by atoms with Gasteiger partial charge in [-0.2, -0.15) is 4.98 Å². The summed E-state index contributed by atoms with van der Waals surface area (Å²) in [6, 6.07) is 15.9. The third-order valence-electron chi connectivity index (χ3n) is 5.79. The molecule has 1 aromatic heterocycles. The molecule has 7 nitrogen and oxygen atoms in total. The topological polar surface area (TPSA) is 71.7 Å². The second kappa shape index (κ2) is 11.3. The molecule has 0 saturated carbocycles. The van der Waals surface area contributed by atoms with Crippen molar-refractivity contribution >= 4 is 17.7 Å². The molecule has 0 spiro atoms. The highest BCUT2D eigenvalue weighted by Gasteiger charge is 2.21. The lowest BCUT2D eigenvalue weighted by atomic mass is 10.1. The van der Waals surface area contributed by atoms with Gasteiger partial charge in [-0.1, -0.05) is 35.0 Å². The van der Waals surface area contributed by atoms with Crippen LogP contribution in [-0.4, -0.2) is 71.4 Å². The Hall–Kier alpha value is -2.84. The number of rotatable bonds is 9. The molecule has 1 aliphatic rings. The van der Waals surface area contributed by atoms with Crippen LogP contribution in [0, 0.1) is 6.92 Å². The molecule has 1 fully saturated rings. The second-order valence-electron chi connectivity index (χ2n) is 8.17. The van der Waals surface area contributed by atoms with Gasteiger partial charge in [0.25, 0.3) is 0 Å². The van der Waals surface area contributed by atoms with Crippen molar-refractivity contribution in [2.75, 3.05) is 45.6 Å². The number of methoxy groups -OCH3 is 1. The molecule has 1 amide bonds. The molecule has 8 heteroatoms. The third kappa shape index (κ3) is 6.58. The Labute approximate surface area is 199 Å². The van der Waals surface area contributed by atoms with Crippen LogP contribution in [0.5, 0.6) is 5.75 Å². The number of carbonyl (C=O) groups excluding carboxylic acids is 1. The molecule has 4 rings (SSSR count). The quantitative estimate of drug-likeness (QED) is 0.443. The summed E-state index contributed by atoms with van der Waals surface area (Å²) in [6.07, 6.45) is 1.72. The van der Waals surface area contributed by atoms with Gasteiger partial charge >= 0.3 is 0 Å². The number of benzene rings is 2. The molecule has 2 heterocycles. The number of aryl methyl sites for hydroxylation is 2. The van der Waals surface area contributed by atoms with E-state index in [0.29, 0.717) is 17.5 Å². The number of carbonyl (C=O) groups is 1. The first-order chi connectivity index (χ1) is 16.1. The summed E-state index contributed by atoms with van der Waals surface area (Å²) in [5.74, 6) is 2.81. The SMILES string of the molecule is COc1ccc(SCC(=O)N2CCN(CCCc3nc(-c4ccc(C)cc4)no3)CC2)cc1. The smallest absolute Gasteiger partial charge is 0.233 e. The monoisotopic (exact) mass is 466 g/mol. The van der Waals surface area contributed by atoms with Crippen LogP contribution in [0.25, 0.3) is 11.4 Å². The van der Waals surface area contributed by atoms with E-state index in [1.807, 2.05) is 53.4 Å². The number of thioether (sulfide) groups is 1. The Bertz CT molecular complexity index is 1030. The average molecular weight is 467 g/mol. The van der Waals surface area contributed by atoms with Gasteiger partial charge < -0.3 is 14.2 Å². The van der Waals surface area contributed by atoms with Crippen LogP contribution in [0.15, 0.2) is 57.9 Å². The van der Waals surface area contributed by atoms with Gasteiger partial charge in [0.15, 0.2) is 0 Å². The van der Waals surface area contributed by atoms with Crippen LogP contribution in [0.4, 0.5) is 0 Å². The largest absolute Gasteiger partial charge is 0.497 e. The van der Waals surface area contributed by atoms with Gasteiger partial charge in [0.05, 0.1) is 12.9 Å². The number of amides is 1. The predicted molar refractivity (Wildman–Crippen MR) is 130 cm³/mol. The minimum atomic E-state index is 0.199. The van der Waals surface area contributed by atoms with E-state index in [9.17, 15) is 4.79 Å². The highest BCUT2D eigenvalue weighted by molar-refractivity contribution is 8.00. The Morgan fingerprint density at radius 3 is 2.48 bits per heavy atom. The van der Waals surface area contributed by atoms with E-state index in [0.717, 1.165) is 61.8 Å². The summed E-state index contributed by atoms with van der Waals surface area (Å²) in [7, 11) is 1.65. The van der Waals surface area contributed by atoms with E-state index in [2.05, 4.69) is 22.0 Å². The van der Waals surface area contributed by atoms with Crippen molar-refractivity contribution in [2.45, 2.75) is 24.7 Å². The normalized spacial score (nSPS) is 14.4. The van der Waals surface area contributed by atoms with E-state index >= 15 is 0 Å². The molecule has 0 radical (unpaired) electrons. The molecular weight excluding hydrogens is 436 g/mol. The standard InChI is InChI=1S/C25H30N4O3S/c1-19-5-7-20(8-6-19)25-26-23(32-27-25)4-3-13-28-14-16-29(17-15-28)24(30)18-33-22-11-9-21(31-2)10-12-22/h5-12H,3-4,13-18H2,1-2H3. The number of ether oxygens (including phenoxy) is 1. The summed E-state index contributed by atoms with van der Waals surface area (Å²) in [5, 5.41) is 4.11. The first kappa shape index (κ1) is 23.3. The summed E-state index contributed by atoms with van der Waals surface area (Å²) in [6.45, 7) is 6.38. The van der Waals surface area contributed by atoms with Gasteiger partial charge in [0.2, 0.25) is 17.6 Å². The van der Waals surface area contributed by atoms with E-state index in [4.69, 9.17) is 9.26 Å². The number of hydrogen-bond acceptors (Lipinski definition) is 7. The molecule has 0 aliphatic carbocycles. The Morgan fingerprint density at radius 2 is 1.79 bits per heavy atom. The van der Waals surface area contributed by atoms with Crippen molar-refractivity contribution in [1.82, 2.24) is 19.9 Å². The summed E-state index contributed by atoms with van der Waals surface area (Å²) >= 11 is 1.57. The highest BCUT2D eigenvalue weighted by Crippen LogP contribution is 2.22. The lowest BCUT2D eigenvalue weighted by Gasteiger charge is -2.34. The van der Waals surface area contributed by atoms with Crippen molar-refractivity contribution < 1.29 is 14.1 Å². The van der Waals surface area contributed by atoms with Gasteiger partial charge in [-0.3, -0.25) is 9.69 Å². The molecular formula is C25H30N4O3S. The molecule has 174 valence electrons. The fourth-order valence-electron chi connectivity index (χ4n) is 3.76. The molecule has 0 atom stereocenters. The summed E-state index contributed by atoms with van der Waals surface area (Å²) in [4.78, 5) is 22.5. The molecule has 33 heavy (non-hydrogen) atoms. The summed E-state index contributed by atoms with van der Waals surface area (Å²) < 4.78 is 10.6. The maximum Gasteiger partial charge on any atom is 0.233 e. The van der Waals surface area contributed by atoms with Gasteiger partial charge in [0, 0.05) is 43.1 Å². The molecule has 2 aromatic carbocycles. The van der Waals surface area contributed by atoms with Crippen LogP contribution >= 0.6 is 11.8 Å². The van der Waals surface area contributed by atoms with Crippen molar-refractivity contribution in [3.8, 4) is 17.1 Å². The minimum absolute atomic E-state index is 0.199.